The van der Waals surface area contributed by atoms with Gasteiger partial charge >= 0.3 is 0 Å². The Bertz CT molecular complexity index is 354. The molecule has 1 rings (SSSR count). The molecular weight excluding hydrogens is 217 g/mol. The maximum Gasteiger partial charge on any atom is 0.128 e. The summed E-state index contributed by atoms with van der Waals surface area (Å²) >= 11 is 5.77. The van der Waals surface area contributed by atoms with Crippen LogP contribution >= 0.6 is 11.6 Å². The van der Waals surface area contributed by atoms with Gasteiger partial charge in [0.15, 0.2) is 0 Å². The van der Waals surface area contributed by atoms with Gasteiger partial charge in [0.1, 0.15) is 5.82 Å². The summed E-state index contributed by atoms with van der Waals surface area (Å²) in [6.45, 7) is 3.44. The highest BCUT2D eigenvalue weighted by molar-refractivity contribution is 6.30. The molecule has 0 spiro atoms. The Morgan fingerprint density at radius 2 is 2.13 bits per heavy atom. The third kappa shape index (κ3) is 2.68. The van der Waals surface area contributed by atoms with E-state index in [0.717, 1.165) is 0 Å². The van der Waals surface area contributed by atoms with Crippen molar-refractivity contribution in [3.8, 4) is 0 Å². The Kier molecular flexibility index (Phi) is 3.71. The molecule has 2 nitrogen and oxygen atoms in total. The number of aliphatic hydroxyl groups is 1. The molecule has 15 heavy (non-hydrogen) atoms. The van der Waals surface area contributed by atoms with Gasteiger partial charge in [0, 0.05) is 28.6 Å². The van der Waals surface area contributed by atoms with Gasteiger partial charge in [0.2, 0.25) is 0 Å². The van der Waals surface area contributed by atoms with Crippen LogP contribution in [0.5, 0.6) is 0 Å². The first-order valence-corrected chi connectivity index (χ1v) is 5.07. The summed E-state index contributed by atoms with van der Waals surface area (Å²) in [5.74, 6) is -0.395. The van der Waals surface area contributed by atoms with E-state index in [1.807, 2.05) is 0 Å². The summed E-state index contributed by atoms with van der Waals surface area (Å²) in [7, 11) is 0. The molecular formula is C11H15ClFNO. The van der Waals surface area contributed by atoms with E-state index < -0.39 is 17.3 Å². The molecule has 0 aliphatic carbocycles. The van der Waals surface area contributed by atoms with Gasteiger partial charge in [0.05, 0.1) is 0 Å². The highest BCUT2D eigenvalue weighted by Crippen LogP contribution is 2.33. The van der Waals surface area contributed by atoms with Crippen molar-refractivity contribution in [2.24, 2.45) is 11.1 Å². The number of benzene rings is 1. The molecule has 0 amide bonds. The molecule has 0 saturated carbocycles. The molecule has 3 N–H and O–H groups in total. The highest BCUT2D eigenvalue weighted by Gasteiger charge is 2.29. The number of halogens is 2. The number of hydrogen-bond acceptors (Lipinski definition) is 2. The van der Waals surface area contributed by atoms with Crippen LogP contribution in [0.2, 0.25) is 5.02 Å². The third-order valence-corrected chi connectivity index (χ3v) is 2.78. The lowest BCUT2D eigenvalue weighted by Crippen LogP contribution is -2.33. The monoisotopic (exact) mass is 231 g/mol. The zero-order valence-electron chi connectivity index (χ0n) is 8.80. The molecule has 0 fully saturated rings. The molecule has 0 saturated heterocycles. The minimum Gasteiger partial charge on any atom is -0.396 e. The number of rotatable bonds is 3. The predicted octanol–water partition coefficient (Wildman–Crippen LogP) is 2.50. The Balaban J connectivity index is 3.10. The van der Waals surface area contributed by atoms with E-state index in [1.54, 1.807) is 13.8 Å². The van der Waals surface area contributed by atoms with Crippen LogP contribution in [0.25, 0.3) is 0 Å². The first-order valence-electron chi connectivity index (χ1n) is 4.70. The average Bonchev–Trinajstić information content (AvgIpc) is 2.20. The van der Waals surface area contributed by atoms with Crippen LogP contribution in [0, 0.1) is 11.2 Å². The van der Waals surface area contributed by atoms with Gasteiger partial charge in [-0.3, -0.25) is 0 Å². The van der Waals surface area contributed by atoms with Crippen LogP contribution in [-0.4, -0.2) is 11.7 Å². The molecule has 1 aromatic rings. The zero-order valence-corrected chi connectivity index (χ0v) is 9.55. The van der Waals surface area contributed by atoms with E-state index in [4.69, 9.17) is 22.4 Å². The summed E-state index contributed by atoms with van der Waals surface area (Å²) in [6.07, 6.45) is 0. The Morgan fingerprint density at radius 3 is 2.67 bits per heavy atom. The average molecular weight is 232 g/mol. The minimum absolute atomic E-state index is 0.111. The van der Waals surface area contributed by atoms with Crippen LogP contribution in [0.4, 0.5) is 4.39 Å². The molecule has 1 atom stereocenters. The van der Waals surface area contributed by atoms with Crippen molar-refractivity contribution < 1.29 is 9.50 Å². The van der Waals surface area contributed by atoms with E-state index in [2.05, 4.69) is 0 Å². The normalized spacial score (nSPS) is 14.0. The third-order valence-electron chi connectivity index (χ3n) is 2.54. The molecule has 0 radical (unpaired) electrons. The fourth-order valence-corrected chi connectivity index (χ4v) is 1.45. The van der Waals surface area contributed by atoms with E-state index in [9.17, 15) is 4.39 Å². The summed E-state index contributed by atoms with van der Waals surface area (Å²) in [6, 6.07) is 3.67. The van der Waals surface area contributed by atoms with Crippen molar-refractivity contribution >= 4 is 11.6 Å². The van der Waals surface area contributed by atoms with Gasteiger partial charge in [0.25, 0.3) is 0 Å². The molecule has 0 bridgehead atoms. The van der Waals surface area contributed by atoms with Gasteiger partial charge in [-0.25, -0.2) is 4.39 Å². The van der Waals surface area contributed by atoms with Crippen LogP contribution in [0.1, 0.15) is 25.5 Å². The second-order valence-electron chi connectivity index (χ2n) is 4.29. The Morgan fingerprint density at radius 1 is 1.53 bits per heavy atom. The van der Waals surface area contributed by atoms with E-state index in [-0.39, 0.29) is 6.61 Å². The standard InChI is InChI=1S/C11H15ClFNO/c1-11(2,6-15)10(14)8-5-7(12)3-4-9(8)13/h3-5,10,15H,6,14H2,1-2H3/t10-/m0/s1. The van der Waals surface area contributed by atoms with Gasteiger partial charge in [-0.2, -0.15) is 0 Å². The minimum atomic E-state index is -0.582. The van der Waals surface area contributed by atoms with Gasteiger partial charge in [-0.1, -0.05) is 25.4 Å². The summed E-state index contributed by atoms with van der Waals surface area (Å²) in [4.78, 5) is 0. The number of nitrogens with two attached hydrogens (primary N) is 1. The molecule has 0 heterocycles. The quantitative estimate of drug-likeness (QED) is 0.840. The van der Waals surface area contributed by atoms with Crippen LogP contribution in [0.15, 0.2) is 18.2 Å². The van der Waals surface area contributed by atoms with Crippen LogP contribution in [0.3, 0.4) is 0 Å². The van der Waals surface area contributed by atoms with Crippen molar-refractivity contribution in [3.05, 3.63) is 34.6 Å². The van der Waals surface area contributed by atoms with Crippen molar-refractivity contribution in [2.45, 2.75) is 19.9 Å². The summed E-state index contributed by atoms with van der Waals surface area (Å²) < 4.78 is 13.5. The topological polar surface area (TPSA) is 46.2 Å². The molecule has 0 unspecified atom stereocenters. The van der Waals surface area contributed by atoms with Gasteiger partial charge in [-0.05, 0) is 18.2 Å². The summed E-state index contributed by atoms with van der Waals surface area (Å²) in [5, 5.41) is 9.59. The van der Waals surface area contributed by atoms with E-state index in [1.165, 1.54) is 18.2 Å². The highest BCUT2D eigenvalue weighted by atomic mass is 35.5. The lowest BCUT2D eigenvalue weighted by Gasteiger charge is -2.30. The van der Waals surface area contributed by atoms with Crippen molar-refractivity contribution in [3.63, 3.8) is 0 Å². The predicted molar refractivity (Wildman–Crippen MR) is 59.2 cm³/mol. The van der Waals surface area contributed by atoms with Crippen molar-refractivity contribution in [1.29, 1.82) is 0 Å². The Hall–Kier alpha value is -0.640. The molecule has 0 aromatic heterocycles. The summed E-state index contributed by atoms with van der Waals surface area (Å²) in [5.41, 5.74) is 5.65. The first kappa shape index (κ1) is 12.4. The zero-order chi connectivity index (χ0) is 11.6. The molecule has 0 aliphatic rings. The Labute approximate surface area is 93.9 Å². The second-order valence-corrected chi connectivity index (χ2v) is 4.73. The fourth-order valence-electron chi connectivity index (χ4n) is 1.27. The molecule has 0 aliphatic heterocycles. The fraction of sp³-hybridized carbons (Fsp3) is 0.455. The van der Waals surface area contributed by atoms with Gasteiger partial charge in [-0.15, -0.1) is 0 Å². The molecule has 84 valence electrons. The number of hydrogen-bond donors (Lipinski definition) is 2. The molecule has 4 heteroatoms. The van der Waals surface area contributed by atoms with E-state index in [0.29, 0.717) is 10.6 Å². The molecule has 1 aromatic carbocycles. The number of aliphatic hydroxyl groups excluding tert-OH is 1. The largest absolute Gasteiger partial charge is 0.396 e. The van der Waals surface area contributed by atoms with Crippen LogP contribution < -0.4 is 5.73 Å². The van der Waals surface area contributed by atoms with Crippen LogP contribution in [-0.2, 0) is 0 Å². The smallest absolute Gasteiger partial charge is 0.128 e. The second kappa shape index (κ2) is 4.47. The van der Waals surface area contributed by atoms with E-state index >= 15 is 0 Å². The van der Waals surface area contributed by atoms with Crippen molar-refractivity contribution in [2.75, 3.05) is 6.61 Å². The first-order chi connectivity index (χ1) is 6.88. The lowest BCUT2D eigenvalue weighted by molar-refractivity contribution is 0.131. The SMILES string of the molecule is CC(C)(CO)[C@@H](N)c1cc(Cl)ccc1F. The van der Waals surface area contributed by atoms with Gasteiger partial charge < -0.3 is 10.8 Å². The van der Waals surface area contributed by atoms with Crippen molar-refractivity contribution in [1.82, 2.24) is 0 Å². The maximum absolute atomic E-state index is 13.5. The lowest BCUT2D eigenvalue weighted by atomic mass is 9.81. The maximum atomic E-state index is 13.5.